The minimum Gasteiger partial charge on any atom is -0.462 e. The molecule has 0 saturated carbocycles. The normalized spacial score (nSPS) is 13.3. The zero-order chi connectivity index (χ0) is 57.8. The summed E-state index contributed by atoms with van der Waals surface area (Å²) in [5.41, 5.74) is 0. The van der Waals surface area contributed by atoms with Gasteiger partial charge in [-0.2, -0.15) is 0 Å². The molecular weight excluding hydrogens is 985 g/mol. The average Bonchev–Trinajstić information content (AvgIpc) is 3.46. The average molecular weight is 1100 g/mol. The highest BCUT2D eigenvalue weighted by Crippen LogP contribution is 2.14. The van der Waals surface area contributed by atoms with Crippen molar-refractivity contribution >= 4 is 17.9 Å². The summed E-state index contributed by atoms with van der Waals surface area (Å²) in [6.45, 7) is 6.34. The number of allylic oxidation sites excluding steroid dienone is 28. The molecule has 0 aliphatic heterocycles. The molecule has 0 aromatic rings. The Kier molecular flexibility index (Phi) is 61.9. The second kappa shape index (κ2) is 66.3. The molecule has 0 radical (unpaired) electrons. The lowest BCUT2D eigenvalue weighted by Gasteiger charge is -2.18. The standard InChI is InChI=1S/C74H116O6/c1-4-7-10-13-16-19-22-25-27-29-31-33-34-35-36-37-38-39-40-42-43-45-47-49-52-55-58-61-64-67-73(76)79-70-71(69-78-72(75)66-63-60-57-54-51-24-21-18-15-12-9-6-3)80-74(77)68-65-62-59-56-53-50-48-46-44-41-32-30-28-26-23-20-17-14-11-8-5-2/h7-8,10-11,16-17,19-20,25-28,31-33,35-36,38-39,41-43,46-49,53,56,71H,4-6,9,12-15,18,21-24,29-30,34,37,40,44-45,50-52,54-55,57-70H2,1-3H3/b10-7-,11-8-,19-16-,20-17-,27-25-,28-26-,33-31-,36-35-,39-38-,41-32-,43-42-,48-46-,49-47-,56-53-. The van der Waals surface area contributed by atoms with E-state index in [4.69, 9.17) is 14.2 Å². The first-order valence-electron chi connectivity index (χ1n) is 32.1. The SMILES string of the molecule is CC/C=C\C/C=C\C/C=C\C/C=C\C/C=C\C/C=C\C/C=C\C/C=C\CCCCCCC(=O)OCC(COC(=O)CCCCCCCCCCCCCC)OC(=O)CCCC/C=C\C/C=C\C/C=C\C/C=C\C/C=C\C/C=C\CC. The molecule has 1 atom stereocenters. The van der Waals surface area contributed by atoms with E-state index in [0.29, 0.717) is 19.3 Å². The minimum atomic E-state index is -0.820. The van der Waals surface area contributed by atoms with E-state index < -0.39 is 6.10 Å². The molecule has 1 unspecified atom stereocenters. The maximum Gasteiger partial charge on any atom is 0.306 e. The van der Waals surface area contributed by atoms with Crippen LogP contribution in [0.25, 0.3) is 0 Å². The summed E-state index contributed by atoms with van der Waals surface area (Å²) in [5, 5.41) is 0. The first-order chi connectivity index (χ1) is 39.5. The van der Waals surface area contributed by atoms with Crippen molar-refractivity contribution in [3.63, 3.8) is 0 Å². The fourth-order valence-corrected chi connectivity index (χ4v) is 8.23. The molecule has 0 aliphatic rings. The van der Waals surface area contributed by atoms with Crippen molar-refractivity contribution in [2.45, 2.75) is 264 Å². The first kappa shape index (κ1) is 74.8. The summed E-state index contributed by atoms with van der Waals surface area (Å²) in [4.78, 5) is 38.3. The van der Waals surface area contributed by atoms with Crippen LogP contribution in [0.3, 0.4) is 0 Å². The summed E-state index contributed by atoms with van der Waals surface area (Å²) in [5.74, 6) is -0.985. The van der Waals surface area contributed by atoms with Crippen LogP contribution < -0.4 is 0 Å². The van der Waals surface area contributed by atoms with Crippen molar-refractivity contribution in [3.8, 4) is 0 Å². The number of esters is 3. The predicted molar refractivity (Wildman–Crippen MR) is 348 cm³/mol. The molecule has 6 heteroatoms. The smallest absolute Gasteiger partial charge is 0.306 e. The molecule has 0 aliphatic carbocycles. The number of rotatable bonds is 56. The van der Waals surface area contributed by atoms with E-state index in [1.165, 1.54) is 57.8 Å². The Morgan fingerprint density at radius 3 is 0.787 bits per heavy atom. The fraction of sp³-hybridized carbons (Fsp3) is 0.581. The molecule has 448 valence electrons. The third-order valence-corrected chi connectivity index (χ3v) is 13.0. The summed E-state index contributed by atoms with van der Waals surface area (Å²) >= 11 is 0. The molecule has 0 heterocycles. The topological polar surface area (TPSA) is 78.9 Å². The van der Waals surface area contributed by atoms with Gasteiger partial charge < -0.3 is 14.2 Å². The lowest BCUT2D eigenvalue weighted by atomic mass is 10.0. The van der Waals surface area contributed by atoms with Crippen LogP contribution in [-0.2, 0) is 28.6 Å². The Bertz CT molecular complexity index is 1840. The van der Waals surface area contributed by atoms with Gasteiger partial charge >= 0.3 is 17.9 Å². The second-order valence-corrected chi connectivity index (χ2v) is 20.6. The van der Waals surface area contributed by atoms with E-state index >= 15 is 0 Å². The molecule has 0 amide bonds. The number of carbonyl (C=O) groups excluding carboxylic acids is 3. The van der Waals surface area contributed by atoms with Crippen molar-refractivity contribution in [1.82, 2.24) is 0 Å². The van der Waals surface area contributed by atoms with E-state index in [2.05, 4.69) is 191 Å². The van der Waals surface area contributed by atoms with Gasteiger partial charge in [-0.1, -0.05) is 274 Å². The van der Waals surface area contributed by atoms with E-state index in [1.807, 2.05) is 0 Å². The third kappa shape index (κ3) is 63.6. The number of hydrogen-bond donors (Lipinski definition) is 0. The summed E-state index contributed by atoms with van der Waals surface area (Å²) in [6.07, 6.45) is 97.9. The molecule has 0 aromatic heterocycles. The van der Waals surface area contributed by atoms with Crippen LogP contribution in [0.1, 0.15) is 258 Å². The van der Waals surface area contributed by atoms with Gasteiger partial charge in [-0.05, 0) is 135 Å². The van der Waals surface area contributed by atoms with Crippen molar-refractivity contribution in [2.24, 2.45) is 0 Å². The van der Waals surface area contributed by atoms with Crippen LogP contribution >= 0.6 is 0 Å². The number of unbranched alkanes of at least 4 members (excludes halogenated alkanes) is 17. The number of ether oxygens (including phenoxy) is 3. The maximum absolute atomic E-state index is 12.9. The molecule has 0 fully saturated rings. The zero-order valence-corrected chi connectivity index (χ0v) is 51.3. The van der Waals surface area contributed by atoms with Crippen molar-refractivity contribution in [1.29, 1.82) is 0 Å². The van der Waals surface area contributed by atoms with Gasteiger partial charge in [-0.15, -0.1) is 0 Å². The monoisotopic (exact) mass is 1100 g/mol. The Morgan fingerprint density at radius 2 is 0.487 bits per heavy atom. The quantitative estimate of drug-likeness (QED) is 0.0261. The van der Waals surface area contributed by atoms with Crippen molar-refractivity contribution in [3.05, 3.63) is 170 Å². The Hall–Kier alpha value is -5.23. The van der Waals surface area contributed by atoms with Crippen LogP contribution in [0, 0.1) is 0 Å². The van der Waals surface area contributed by atoms with Gasteiger partial charge in [0.15, 0.2) is 6.10 Å². The van der Waals surface area contributed by atoms with Crippen LogP contribution in [0.15, 0.2) is 170 Å². The van der Waals surface area contributed by atoms with Gasteiger partial charge in [-0.3, -0.25) is 14.4 Å². The van der Waals surface area contributed by atoms with E-state index in [9.17, 15) is 14.4 Å². The molecular formula is C74H116O6. The van der Waals surface area contributed by atoms with Crippen LogP contribution in [-0.4, -0.2) is 37.2 Å². The van der Waals surface area contributed by atoms with Crippen LogP contribution in [0.2, 0.25) is 0 Å². The molecule has 80 heavy (non-hydrogen) atoms. The van der Waals surface area contributed by atoms with E-state index in [-0.39, 0.29) is 37.5 Å². The van der Waals surface area contributed by atoms with Gasteiger partial charge in [0.05, 0.1) is 0 Å². The Labute approximate surface area is 492 Å². The van der Waals surface area contributed by atoms with Gasteiger partial charge in [0.1, 0.15) is 13.2 Å². The Morgan fingerprint density at radius 1 is 0.263 bits per heavy atom. The predicted octanol–water partition coefficient (Wildman–Crippen LogP) is 22.3. The summed E-state index contributed by atoms with van der Waals surface area (Å²) in [6, 6.07) is 0. The fourth-order valence-electron chi connectivity index (χ4n) is 8.23. The van der Waals surface area contributed by atoms with Gasteiger partial charge in [0.2, 0.25) is 0 Å². The first-order valence-corrected chi connectivity index (χ1v) is 32.1. The molecule has 0 N–H and O–H groups in total. The Balaban J connectivity index is 4.47. The minimum absolute atomic E-state index is 0.110. The molecule has 6 nitrogen and oxygen atoms in total. The largest absolute Gasteiger partial charge is 0.462 e. The van der Waals surface area contributed by atoms with E-state index in [0.717, 1.165) is 154 Å². The molecule has 0 spiro atoms. The van der Waals surface area contributed by atoms with Crippen LogP contribution in [0.4, 0.5) is 0 Å². The lowest BCUT2D eigenvalue weighted by molar-refractivity contribution is -0.167. The highest BCUT2D eigenvalue weighted by Gasteiger charge is 2.19. The highest BCUT2D eigenvalue weighted by atomic mass is 16.6. The van der Waals surface area contributed by atoms with Gasteiger partial charge in [0, 0.05) is 19.3 Å². The van der Waals surface area contributed by atoms with Crippen molar-refractivity contribution in [2.75, 3.05) is 13.2 Å². The second-order valence-electron chi connectivity index (χ2n) is 20.6. The molecule has 0 saturated heterocycles. The third-order valence-electron chi connectivity index (χ3n) is 13.0. The number of hydrogen-bond acceptors (Lipinski definition) is 6. The van der Waals surface area contributed by atoms with Gasteiger partial charge in [-0.25, -0.2) is 0 Å². The lowest BCUT2D eigenvalue weighted by Crippen LogP contribution is -2.30. The van der Waals surface area contributed by atoms with E-state index in [1.54, 1.807) is 0 Å². The molecule has 0 bridgehead atoms. The molecule has 0 rings (SSSR count). The summed E-state index contributed by atoms with van der Waals surface area (Å²) in [7, 11) is 0. The van der Waals surface area contributed by atoms with Crippen LogP contribution in [0.5, 0.6) is 0 Å². The summed E-state index contributed by atoms with van der Waals surface area (Å²) < 4.78 is 16.8. The zero-order valence-electron chi connectivity index (χ0n) is 51.3. The maximum atomic E-state index is 12.9. The van der Waals surface area contributed by atoms with Gasteiger partial charge in [0.25, 0.3) is 0 Å². The molecule has 0 aromatic carbocycles. The highest BCUT2D eigenvalue weighted by molar-refractivity contribution is 5.71. The van der Waals surface area contributed by atoms with Crippen molar-refractivity contribution < 1.29 is 28.6 Å². The number of carbonyl (C=O) groups is 3.